The first-order valence-corrected chi connectivity index (χ1v) is 9.94. The quantitative estimate of drug-likeness (QED) is 0.889. The molecule has 1 N–H and O–H groups in total. The maximum Gasteiger partial charge on any atom is 0.175 e. The van der Waals surface area contributed by atoms with Crippen LogP contribution in [-0.2, 0) is 16.9 Å². The number of hydrogen-bond donors (Lipinski definition) is 1. The number of β-amino-alcohol motifs (C(OH)–C–C–N with tert-alkyl or cyclic N) is 1. The van der Waals surface area contributed by atoms with Crippen molar-refractivity contribution in [2.75, 3.05) is 19.3 Å². The van der Waals surface area contributed by atoms with Crippen molar-refractivity contribution in [1.82, 2.24) is 14.7 Å². The van der Waals surface area contributed by atoms with Gasteiger partial charge in [0.05, 0.1) is 17.2 Å². The minimum Gasteiger partial charge on any atom is -0.387 e. The van der Waals surface area contributed by atoms with Crippen molar-refractivity contribution >= 4 is 9.84 Å². The lowest BCUT2D eigenvalue weighted by Crippen LogP contribution is -2.28. The van der Waals surface area contributed by atoms with Crippen LogP contribution in [0.2, 0.25) is 0 Å². The minimum absolute atomic E-state index is 0.271. The molecule has 0 spiro atoms. The highest BCUT2D eigenvalue weighted by Gasteiger charge is 2.28. The highest BCUT2D eigenvalue weighted by Crippen LogP contribution is 2.33. The van der Waals surface area contributed by atoms with Gasteiger partial charge in [-0.05, 0) is 37.1 Å². The third-order valence-electron chi connectivity index (χ3n) is 4.57. The van der Waals surface area contributed by atoms with Crippen molar-refractivity contribution in [3.63, 3.8) is 0 Å². The van der Waals surface area contributed by atoms with Gasteiger partial charge in [0.25, 0.3) is 0 Å². The molecule has 0 bridgehead atoms. The summed E-state index contributed by atoms with van der Waals surface area (Å²) in [7, 11) is -1.31. The predicted octanol–water partition coefficient (Wildman–Crippen LogP) is 1.69. The lowest BCUT2D eigenvalue weighted by atomic mass is 10.1. The molecule has 3 rings (SSSR count). The first-order valence-electron chi connectivity index (χ1n) is 8.05. The molecule has 1 aromatic carbocycles. The molecule has 1 saturated heterocycles. The van der Waals surface area contributed by atoms with Crippen molar-refractivity contribution in [2.24, 2.45) is 7.05 Å². The monoisotopic (exact) mass is 349 g/mol. The Balaban J connectivity index is 1.70. The van der Waals surface area contributed by atoms with Crippen molar-refractivity contribution in [3.05, 3.63) is 47.8 Å². The fourth-order valence-electron chi connectivity index (χ4n) is 3.30. The van der Waals surface area contributed by atoms with E-state index in [1.165, 1.54) is 11.8 Å². The molecule has 0 aliphatic carbocycles. The van der Waals surface area contributed by atoms with Crippen LogP contribution in [0.5, 0.6) is 0 Å². The molecule has 1 aliphatic rings. The molecule has 1 fully saturated rings. The van der Waals surface area contributed by atoms with Gasteiger partial charge < -0.3 is 5.11 Å². The topological polar surface area (TPSA) is 75.4 Å². The molecule has 130 valence electrons. The molecule has 24 heavy (non-hydrogen) atoms. The average molecular weight is 349 g/mol. The smallest absolute Gasteiger partial charge is 0.175 e. The molecule has 0 radical (unpaired) electrons. The number of hydrogen-bond acceptors (Lipinski definition) is 5. The number of aliphatic hydroxyl groups excluding tert-OH is 1. The van der Waals surface area contributed by atoms with E-state index in [2.05, 4.69) is 10.00 Å². The summed E-state index contributed by atoms with van der Waals surface area (Å²) in [4.78, 5) is 2.54. The van der Waals surface area contributed by atoms with Crippen LogP contribution >= 0.6 is 0 Å². The Morgan fingerprint density at radius 1 is 1.33 bits per heavy atom. The molecule has 0 unspecified atom stereocenters. The fraction of sp³-hybridized carbons (Fsp3) is 0.471. The molecule has 6 nitrogen and oxygen atoms in total. The molecule has 0 amide bonds. The second kappa shape index (κ2) is 6.66. The standard InChI is InChI=1S/C17H23N3O3S/c1-19-11-14(10-18-19)16-4-3-9-20(16)12-17(21)13-5-7-15(8-6-13)24(2,22)23/h5-8,10-11,16-17,21H,3-4,9,12H2,1-2H3/t16-,17-/m0/s1. The number of benzene rings is 1. The van der Waals surface area contributed by atoms with Gasteiger partial charge in [-0.1, -0.05) is 12.1 Å². The second-order valence-electron chi connectivity index (χ2n) is 6.46. The van der Waals surface area contributed by atoms with E-state index < -0.39 is 15.9 Å². The molecular formula is C17H23N3O3S. The number of sulfone groups is 1. The van der Waals surface area contributed by atoms with E-state index in [0.717, 1.165) is 24.9 Å². The minimum atomic E-state index is -3.21. The van der Waals surface area contributed by atoms with Gasteiger partial charge in [0.1, 0.15) is 0 Å². The Kier molecular flexibility index (Phi) is 4.76. The summed E-state index contributed by atoms with van der Waals surface area (Å²) in [6.45, 7) is 1.47. The molecule has 2 aromatic rings. The third kappa shape index (κ3) is 3.68. The zero-order chi connectivity index (χ0) is 17.3. The number of likely N-dealkylation sites (tertiary alicyclic amines) is 1. The lowest BCUT2D eigenvalue weighted by Gasteiger charge is -2.26. The molecule has 7 heteroatoms. The highest BCUT2D eigenvalue weighted by molar-refractivity contribution is 7.90. The second-order valence-corrected chi connectivity index (χ2v) is 8.47. The van der Waals surface area contributed by atoms with Crippen LogP contribution in [-0.4, -0.2) is 47.6 Å². The predicted molar refractivity (Wildman–Crippen MR) is 91.3 cm³/mol. The fourth-order valence-corrected chi connectivity index (χ4v) is 3.93. The first kappa shape index (κ1) is 17.1. The maximum absolute atomic E-state index is 11.5. The van der Waals surface area contributed by atoms with Gasteiger partial charge in [-0.25, -0.2) is 8.42 Å². The van der Waals surface area contributed by atoms with E-state index in [1.54, 1.807) is 28.9 Å². The maximum atomic E-state index is 11.5. The van der Waals surface area contributed by atoms with Gasteiger partial charge in [-0.15, -0.1) is 0 Å². The number of nitrogens with zero attached hydrogens (tertiary/aromatic N) is 3. The SMILES string of the molecule is Cn1cc([C@@H]2CCCN2C[C@H](O)c2ccc(S(C)(=O)=O)cc2)cn1. The largest absolute Gasteiger partial charge is 0.387 e. The molecule has 2 heterocycles. The van der Waals surface area contributed by atoms with Crippen molar-refractivity contribution in [1.29, 1.82) is 0 Å². The number of aliphatic hydroxyl groups is 1. The number of rotatable bonds is 5. The van der Waals surface area contributed by atoms with Gasteiger partial charge in [0.2, 0.25) is 0 Å². The summed E-state index contributed by atoms with van der Waals surface area (Å²) in [6.07, 6.45) is 6.61. The molecular weight excluding hydrogens is 326 g/mol. The first-order chi connectivity index (χ1) is 11.3. The van der Waals surface area contributed by atoms with Crippen molar-refractivity contribution in [2.45, 2.75) is 29.9 Å². The van der Waals surface area contributed by atoms with E-state index in [0.29, 0.717) is 6.54 Å². The van der Waals surface area contributed by atoms with E-state index in [1.807, 2.05) is 19.4 Å². The van der Waals surface area contributed by atoms with Gasteiger partial charge in [0, 0.05) is 37.7 Å². The molecule has 1 aliphatic heterocycles. The van der Waals surface area contributed by atoms with E-state index in [4.69, 9.17) is 0 Å². The van der Waals surface area contributed by atoms with Crippen LogP contribution in [0.1, 0.15) is 36.1 Å². The van der Waals surface area contributed by atoms with Crippen LogP contribution in [0.3, 0.4) is 0 Å². The van der Waals surface area contributed by atoms with Crippen LogP contribution < -0.4 is 0 Å². The Morgan fingerprint density at radius 2 is 2.04 bits per heavy atom. The normalized spacial score (nSPS) is 20.4. The molecule has 2 atom stereocenters. The van der Waals surface area contributed by atoms with E-state index in [-0.39, 0.29) is 10.9 Å². The summed E-state index contributed by atoms with van der Waals surface area (Å²) >= 11 is 0. The Hall–Kier alpha value is -1.70. The Labute approximate surface area is 142 Å². The van der Waals surface area contributed by atoms with Crippen LogP contribution in [0, 0.1) is 0 Å². The highest BCUT2D eigenvalue weighted by atomic mass is 32.2. The summed E-state index contributed by atoms with van der Waals surface area (Å²) in [5.74, 6) is 0. The van der Waals surface area contributed by atoms with Crippen molar-refractivity contribution < 1.29 is 13.5 Å². The summed E-state index contributed by atoms with van der Waals surface area (Å²) in [6, 6.07) is 6.77. The Morgan fingerprint density at radius 3 is 2.62 bits per heavy atom. The summed E-state index contributed by atoms with van der Waals surface area (Å²) in [5, 5.41) is 14.8. The van der Waals surface area contributed by atoms with Crippen LogP contribution in [0.15, 0.2) is 41.6 Å². The Bertz CT molecular complexity index is 799. The number of aromatic nitrogens is 2. The van der Waals surface area contributed by atoms with Gasteiger partial charge in [-0.3, -0.25) is 9.58 Å². The van der Waals surface area contributed by atoms with Gasteiger partial charge in [-0.2, -0.15) is 5.10 Å². The number of aryl methyl sites for hydroxylation is 1. The van der Waals surface area contributed by atoms with Crippen molar-refractivity contribution in [3.8, 4) is 0 Å². The summed E-state index contributed by atoms with van der Waals surface area (Å²) in [5.41, 5.74) is 1.91. The molecule has 1 aromatic heterocycles. The van der Waals surface area contributed by atoms with E-state index in [9.17, 15) is 13.5 Å². The van der Waals surface area contributed by atoms with Crippen LogP contribution in [0.4, 0.5) is 0 Å². The van der Waals surface area contributed by atoms with E-state index >= 15 is 0 Å². The third-order valence-corrected chi connectivity index (χ3v) is 5.70. The van der Waals surface area contributed by atoms with Gasteiger partial charge >= 0.3 is 0 Å². The lowest BCUT2D eigenvalue weighted by molar-refractivity contribution is 0.106. The molecule has 0 saturated carbocycles. The zero-order valence-electron chi connectivity index (χ0n) is 14.0. The van der Waals surface area contributed by atoms with Gasteiger partial charge in [0.15, 0.2) is 9.84 Å². The summed E-state index contributed by atoms with van der Waals surface area (Å²) < 4.78 is 24.8. The van der Waals surface area contributed by atoms with Crippen LogP contribution in [0.25, 0.3) is 0 Å². The zero-order valence-corrected chi connectivity index (χ0v) is 14.8. The average Bonchev–Trinajstić information content (AvgIpc) is 3.15.